The van der Waals surface area contributed by atoms with Crippen LogP contribution in [-0.2, 0) is 19.5 Å². The molecule has 0 spiro atoms. The highest BCUT2D eigenvalue weighted by Crippen LogP contribution is 2.27. The predicted molar refractivity (Wildman–Crippen MR) is 172 cm³/mol. The summed E-state index contributed by atoms with van der Waals surface area (Å²) >= 11 is 0. The van der Waals surface area contributed by atoms with E-state index in [1.54, 1.807) is 0 Å². The number of hydrogen-bond acceptors (Lipinski definition) is 1. The molecule has 0 saturated heterocycles. The second-order valence-electron chi connectivity index (χ2n) is 11.6. The van der Waals surface area contributed by atoms with Crippen LogP contribution in [0.4, 0.5) is 0 Å². The van der Waals surface area contributed by atoms with Crippen LogP contribution in [0.3, 0.4) is 0 Å². The standard InChI is InChI=1S/C38H47N3.2BrH/c1-2-3-26-40-28-22-32(23-29-40)33-24-30-41(31-25-33)27-16-10-8-6-4-5-7-9-11-17-34-35-18-12-14-20-37(35)39-38-21-15-13-19-36(34)38;;/h12-15,18-25,28-31H,2-11,16-17,26-27H2,1H3;2*1H/q+2;;/p-2. The van der Waals surface area contributed by atoms with Gasteiger partial charge in [0.1, 0.15) is 13.1 Å². The zero-order chi connectivity index (χ0) is 28.1. The maximum Gasteiger partial charge on any atom is 0.169 e. The van der Waals surface area contributed by atoms with Crippen molar-refractivity contribution >= 4 is 21.8 Å². The highest BCUT2D eigenvalue weighted by Gasteiger charge is 2.09. The van der Waals surface area contributed by atoms with Crippen LogP contribution in [0.1, 0.15) is 83.1 Å². The molecule has 0 amide bonds. The second kappa shape index (κ2) is 18.9. The van der Waals surface area contributed by atoms with Crippen molar-refractivity contribution in [2.75, 3.05) is 0 Å². The molecule has 228 valence electrons. The van der Waals surface area contributed by atoms with Crippen molar-refractivity contribution < 1.29 is 43.1 Å². The van der Waals surface area contributed by atoms with Crippen LogP contribution in [0.2, 0.25) is 0 Å². The largest absolute Gasteiger partial charge is 1.00 e. The number of aryl methyl sites for hydroxylation is 3. The van der Waals surface area contributed by atoms with Crippen LogP contribution < -0.4 is 43.1 Å². The number of rotatable bonds is 16. The van der Waals surface area contributed by atoms with Crippen molar-refractivity contribution in [1.82, 2.24) is 4.98 Å². The van der Waals surface area contributed by atoms with Crippen LogP contribution >= 0.6 is 0 Å². The third kappa shape index (κ3) is 10.2. The maximum atomic E-state index is 4.88. The summed E-state index contributed by atoms with van der Waals surface area (Å²) in [6.07, 6.45) is 24.5. The van der Waals surface area contributed by atoms with Gasteiger partial charge in [0.05, 0.1) is 11.0 Å². The molecule has 0 unspecified atom stereocenters. The average Bonchev–Trinajstić information content (AvgIpc) is 3.02. The SMILES string of the molecule is CCCC[n+]1ccc(-c2cc[n+](CCCCCCCCCCCc3c4ccccc4nc4ccccc34)cc2)cc1.[Br-].[Br-]. The van der Waals surface area contributed by atoms with Gasteiger partial charge in [-0.15, -0.1) is 0 Å². The van der Waals surface area contributed by atoms with Gasteiger partial charge in [-0.1, -0.05) is 88.3 Å². The van der Waals surface area contributed by atoms with Crippen molar-refractivity contribution in [2.24, 2.45) is 0 Å². The third-order valence-corrected chi connectivity index (χ3v) is 8.43. The Kier molecular flexibility index (Phi) is 15.3. The van der Waals surface area contributed by atoms with Gasteiger partial charge in [-0.2, -0.15) is 0 Å². The lowest BCUT2D eigenvalue weighted by Crippen LogP contribution is -3.00. The van der Waals surface area contributed by atoms with Crippen molar-refractivity contribution in [3.8, 4) is 11.1 Å². The fourth-order valence-corrected chi connectivity index (χ4v) is 5.97. The fraction of sp³-hybridized carbons (Fsp3) is 0.395. The highest BCUT2D eigenvalue weighted by molar-refractivity contribution is 5.97. The lowest BCUT2D eigenvalue weighted by Gasteiger charge is -2.11. The number of halogens is 2. The quantitative estimate of drug-likeness (QED) is 0.0879. The number of unbranched alkanes of at least 4 members (excludes halogenated alkanes) is 9. The first-order valence-corrected chi connectivity index (χ1v) is 16.1. The molecule has 0 aliphatic rings. The molecule has 5 heteroatoms. The Balaban J connectivity index is 0.00000253. The van der Waals surface area contributed by atoms with E-state index in [0.29, 0.717) is 0 Å². The summed E-state index contributed by atoms with van der Waals surface area (Å²) < 4.78 is 4.62. The van der Waals surface area contributed by atoms with Crippen LogP contribution in [0.5, 0.6) is 0 Å². The summed E-state index contributed by atoms with van der Waals surface area (Å²) in [4.78, 5) is 4.88. The van der Waals surface area contributed by atoms with E-state index in [1.165, 1.54) is 98.1 Å². The topological polar surface area (TPSA) is 20.6 Å². The fourth-order valence-electron chi connectivity index (χ4n) is 5.97. The Morgan fingerprint density at radius 3 is 1.40 bits per heavy atom. The van der Waals surface area contributed by atoms with Gasteiger partial charge in [0.15, 0.2) is 24.8 Å². The summed E-state index contributed by atoms with van der Waals surface area (Å²) in [5, 5.41) is 2.65. The molecule has 43 heavy (non-hydrogen) atoms. The van der Waals surface area contributed by atoms with E-state index in [9.17, 15) is 0 Å². The van der Waals surface area contributed by atoms with Gasteiger partial charge in [0.25, 0.3) is 0 Å². The van der Waals surface area contributed by atoms with E-state index in [0.717, 1.165) is 30.5 Å². The van der Waals surface area contributed by atoms with Crippen molar-refractivity contribution in [1.29, 1.82) is 0 Å². The van der Waals surface area contributed by atoms with Crippen LogP contribution in [-0.4, -0.2) is 4.98 Å². The number of hydrogen-bond donors (Lipinski definition) is 0. The van der Waals surface area contributed by atoms with Gasteiger partial charge in [0.2, 0.25) is 0 Å². The molecular formula is C38H47Br2N3. The second-order valence-corrected chi connectivity index (χ2v) is 11.6. The van der Waals surface area contributed by atoms with Crippen LogP contribution in [0.15, 0.2) is 97.6 Å². The molecule has 0 N–H and O–H groups in total. The molecule has 0 bridgehead atoms. The Morgan fingerprint density at radius 1 is 0.488 bits per heavy atom. The van der Waals surface area contributed by atoms with Crippen LogP contribution in [0.25, 0.3) is 32.9 Å². The summed E-state index contributed by atoms with van der Waals surface area (Å²) in [5.41, 5.74) is 6.32. The number of nitrogens with zero attached hydrogens (tertiary/aromatic N) is 3. The maximum absolute atomic E-state index is 4.88. The zero-order valence-electron chi connectivity index (χ0n) is 25.7. The Hall–Kier alpha value is -2.63. The predicted octanol–water partition coefficient (Wildman–Crippen LogP) is 3.19. The molecule has 0 radical (unpaired) electrons. The molecular weight excluding hydrogens is 658 g/mol. The van der Waals surface area contributed by atoms with Crippen molar-refractivity contribution in [2.45, 2.75) is 97.1 Å². The summed E-state index contributed by atoms with van der Waals surface area (Å²) in [6.45, 7) is 4.46. The van der Waals surface area contributed by atoms with Gasteiger partial charge < -0.3 is 34.0 Å². The lowest BCUT2D eigenvalue weighted by molar-refractivity contribution is -0.697. The molecule has 0 aliphatic heterocycles. The van der Waals surface area contributed by atoms with Crippen molar-refractivity contribution in [3.05, 3.63) is 103 Å². The first-order valence-electron chi connectivity index (χ1n) is 16.1. The average molecular weight is 706 g/mol. The van der Waals surface area contributed by atoms with E-state index in [1.807, 2.05) is 0 Å². The van der Waals surface area contributed by atoms with Gasteiger partial charge in [-0.3, -0.25) is 0 Å². The van der Waals surface area contributed by atoms with Gasteiger partial charge in [-0.25, -0.2) is 14.1 Å². The van der Waals surface area contributed by atoms with Crippen molar-refractivity contribution in [3.63, 3.8) is 0 Å². The highest BCUT2D eigenvalue weighted by atomic mass is 79.9. The number of fused-ring (bicyclic) bond motifs is 2. The minimum Gasteiger partial charge on any atom is -1.00 e. The number of pyridine rings is 3. The number of para-hydroxylation sites is 2. The molecule has 5 aromatic rings. The molecule has 0 fully saturated rings. The smallest absolute Gasteiger partial charge is 0.169 e. The Bertz CT molecular complexity index is 1450. The van der Waals surface area contributed by atoms with Crippen LogP contribution in [0, 0.1) is 0 Å². The number of aromatic nitrogens is 3. The minimum absolute atomic E-state index is 0. The normalized spacial score (nSPS) is 10.9. The third-order valence-electron chi connectivity index (χ3n) is 8.43. The van der Waals surface area contributed by atoms with E-state index < -0.39 is 0 Å². The zero-order valence-corrected chi connectivity index (χ0v) is 28.9. The van der Waals surface area contributed by atoms with E-state index >= 15 is 0 Å². The molecule has 3 aromatic heterocycles. The van der Waals surface area contributed by atoms with E-state index in [2.05, 4.69) is 114 Å². The molecule has 2 aromatic carbocycles. The van der Waals surface area contributed by atoms with E-state index in [4.69, 9.17) is 4.98 Å². The Labute approximate surface area is 279 Å². The summed E-state index contributed by atoms with van der Waals surface area (Å²) in [5.74, 6) is 0. The molecule has 0 aliphatic carbocycles. The monoisotopic (exact) mass is 703 g/mol. The first kappa shape index (κ1) is 34.9. The lowest BCUT2D eigenvalue weighted by atomic mass is 9.97. The molecule has 5 rings (SSSR count). The van der Waals surface area contributed by atoms with E-state index in [-0.39, 0.29) is 34.0 Å². The summed E-state index contributed by atoms with van der Waals surface area (Å²) in [6, 6.07) is 26.2. The molecule has 0 saturated carbocycles. The minimum atomic E-state index is 0. The number of benzene rings is 2. The summed E-state index contributed by atoms with van der Waals surface area (Å²) in [7, 11) is 0. The van der Waals surface area contributed by atoms with Gasteiger partial charge >= 0.3 is 0 Å². The molecule has 0 atom stereocenters. The molecule has 3 heterocycles. The first-order chi connectivity index (χ1) is 20.3. The van der Waals surface area contributed by atoms with Gasteiger partial charge in [0, 0.05) is 47.9 Å². The Morgan fingerprint density at radius 2 is 0.907 bits per heavy atom. The van der Waals surface area contributed by atoms with Gasteiger partial charge in [-0.05, 0) is 48.1 Å². The molecule has 3 nitrogen and oxygen atoms in total.